The summed E-state index contributed by atoms with van der Waals surface area (Å²) in [5.74, 6) is -0.259. The van der Waals surface area contributed by atoms with E-state index in [0.29, 0.717) is 27.5 Å². The van der Waals surface area contributed by atoms with Gasteiger partial charge in [0.25, 0.3) is 5.91 Å². The van der Waals surface area contributed by atoms with Crippen LogP contribution < -0.4 is 10.6 Å². The molecular weight excluding hydrogens is 628 g/mol. The third-order valence-electron chi connectivity index (χ3n) is 6.85. The molecule has 0 spiro atoms. The van der Waals surface area contributed by atoms with Crippen LogP contribution in [0.25, 0.3) is 5.65 Å². The molecule has 2 aliphatic rings. The summed E-state index contributed by atoms with van der Waals surface area (Å²) in [6.45, 7) is 1.70. The number of imidazole rings is 1. The average molecular weight is 658 g/mol. The summed E-state index contributed by atoms with van der Waals surface area (Å²) in [5, 5.41) is 13.6. The van der Waals surface area contributed by atoms with Crippen LogP contribution >= 0.6 is 0 Å². The molecule has 2 N–H and O–H groups in total. The van der Waals surface area contributed by atoms with Crippen molar-refractivity contribution in [2.45, 2.75) is 75.0 Å². The topological polar surface area (TPSA) is 149 Å². The molecule has 1 unspecified atom stereocenters. The van der Waals surface area contributed by atoms with Gasteiger partial charge in [0.05, 0.1) is 40.3 Å². The van der Waals surface area contributed by atoms with Crippen molar-refractivity contribution in [3.05, 3.63) is 41.1 Å². The monoisotopic (exact) mass is 658 g/mol. The third kappa shape index (κ3) is 8.48. The Morgan fingerprint density at radius 1 is 1.15 bits per heavy atom. The maximum absolute atomic E-state index is 13.2. The summed E-state index contributed by atoms with van der Waals surface area (Å²) in [5.41, 5.74) is -0.184. The van der Waals surface area contributed by atoms with Crippen molar-refractivity contribution in [3.8, 4) is 0 Å². The first-order chi connectivity index (χ1) is 21.3. The molecule has 0 aromatic carbocycles. The molecule has 0 bridgehead atoms. The molecule has 1 saturated carbocycles. The van der Waals surface area contributed by atoms with E-state index in [1.54, 1.807) is 25.7 Å². The van der Waals surface area contributed by atoms with Crippen LogP contribution in [0.1, 0.15) is 60.0 Å². The summed E-state index contributed by atoms with van der Waals surface area (Å²) in [7, 11) is 15.6. The summed E-state index contributed by atoms with van der Waals surface area (Å²) < 4.78 is 89.2. The largest absolute Gasteiger partial charge is 0.416 e. The van der Waals surface area contributed by atoms with Crippen LogP contribution in [0.3, 0.4) is 0 Å². The number of carbonyl (C=O) groups is 2. The molecule has 4 radical (unpaired) electrons. The van der Waals surface area contributed by atoms with Gasteiger partial charge < -0.3 is 25.0 Å². The molecule has 2 fully saturated rings. The van der Waals surface area contributed by atoms with E-state index in [2.05, 4.69) is 39.8 Å². The van der Waals surface area contributed by atoms with Crippen LogP contribution in [-0.2, 0) is 22.6 Å². The highest BCUT2D eigenvalue weighted by molar-refractivity contribution is 6.42. The first-order valence-electron chi connectivity index (χ1n) is 13.4. The Morgan fingerprint density at radius 2 is 1.78 bits per heavy atom. The van der Waals surface area contributed by atoms with E-state index in [0.717, 1.165) is 33.8 Å². The van der Waals surface area contributed by atoms with Gasteiger partial charge >= 0.3 is 18.4 Å². The summed E-state index contributed by atoms with van der Waals surface area (Å²) in [6, 6.07) is -1.95. The molecule has 3 amide bonds. The lowest BCUT2D eigenvalue weighted by Gasteiger charge is -2.36. The number of carbonyl (C=O) groups excluding carboxylic acids is 2. The van der Waals surface area contributed by atoms with E-state index < -0.39 is 41.3 Å². The number of nitrogens with one attached hydrogen (secondary N) is 2. The van der Waals surface area contributed by atoms with E-state index >= 15 is 0 Å². The van der Waals surface area contributed by atoms with Gasteiger partial charge in [-0.2, -0.15) is 31.4 Å². The predicted molar refractivity (Wildman–Crippen MR) is 149 cm³/mol. The molecule has 13 nitrogen and oxygen atoms in total. The molecule has 5 rings (SSSR count). The average Bonchev–Trinajstić information content (AvgIpc) is 3.44. The Morgan fingerprint density at radius 3 is 2.28 bits per heavy atom. The number of hydrogen-bond donors (Lipinski definition) is 2. The minimum absolute atomic E-state index is 0.0605. The maximum atomic E-state index is 13.2. The standard InChI is InChI=1S/C18H15B2F3N8O3.C5H9F3O.C2H6O/c19-17(20)15(18(21,22)23)27-16(33)30(17)6-8-3-11-26-10(7-31(11)25-4-8)5-24-14(32)13-12(9-1-2-9)28-34-29-13;1-4(2,9-3)5(6,7)8;1-3-2/h3-4,7,9,15H,1-2,5-6H2,(H,24,32)(H,27,33);1-3H3;1-2H3. The second-order valence-corrected chi connectivity index (χ2v) is 10.9. The van der Waals surface area contributed by atoms with Crippen molar-refractivity contribution in [2.24, 2.45) is 0 Å². The molecule has 21 heteroatoms. The number of halogens is 6. The van der Waals surface area contributed by atoms with Crippen LogP contribution in [0, 0.1) is 0 Å². The minimum Gasteiger partial charge on any atom is -0.388 e. The number of amides is 3. The Balaban J connectivity index is 0.000000412. The van der Waals surface area contributed by atoms with Gasteiger partial charge in [-0.1, -0.05) is 5.16 Å². The fraction of sp³-hybridized carbons (Fsp3) is 0.600. The maximum Gasteiger partial charge on any atom is 0.416 e. The van der Waals surface area contributed by atoms with Crippen molar-refractivity contribution < 1.29 is 50.0 Å². The van der Waals surface area contributed by atoms with E-state index in [1.807, 2.05) is 0 Å². The van der Waals surface area contributed by atoms with Gasteiger partial charge in [0.15, 0.2) is 16.9 Å². The first-order valence-corrected chi connectivity index (χ1v) is 13.4. The van der Waals surface area contributed by atoms with Crippen molar-refractivity contribution >= 4 is 33.3 Å². The van der Waals surface area contributed by atoms with Gasteiger partial charge in [-0.3, -0.25) is 4.79 Å². The lowest BCUT2D eigenvalue weighted by Crippen LogP contribution is -2.58. The van der Waals surface area contributed by atoms with Gasteiger partial charge in [0.2, 0.25) is 0 Å². The van der Waals surface area contributed by atoms with Gasteiger partial charge in [0, 0.05) is 33.8 Å². The number of hydrogen-bond acceptors (Lipinski definition) is 9. The highest BCUT2D eigenvalue weighted by Gasteiger charge is 2.57. The van der Waals surface area contributed by atoms with Crippen molar-refractivity contribution in [1.29, 1.82) is 0 Å². The Kier molecular flexibility index (Phi) is 11.0. The van der Waals surface area contributed by atoms with Gasteiger partial charge in [-0.15, -0.1) is 0 Å². The number of fused-ring (bicyclic) bond motifs is 1. The van der Waals surface area contributed by atoms with Gasteiger partial charge in [0.1, 0.15) is 11.7 Å². The molecule has 3 aromatic rings. The molecule has 4 heterocycles. The second-order valence-electron chi connectivity index (χ2n) is 10.9. The van der Waals surface area contributed by atoms with Crippen molar-refractivity contribution in [3.63, 3.8) is 0 Å². The fourth-order valence-electron chi connectivity index (χ4n) is 3.87. The highest BCUT2D eigenvalue weighted by atomic mass is 19.4. The minimum atomic E-state index is -4.82. The van der Waals surface area contributed by atoms with Crippen LogP contribution in [0.15, 0.2) is 23.1 Å². The van der Waals surface area contributed by atoms with E-state index in [9.17, 15) is 35.9 Å². The van der Waals surface area contributed by atoms with Gasteiger partial charge in [-0.25, -0.2) is 18.9 Å². The second kappa shape index (κ2) is 13.9. The summed E-state index contributed by atoms with van der Waals surface area (Å²) in [4.78, 5) is 29.5. The number of rotatable bonds is 7. The number of alkyl halides is 6. The molecule has 1 atom stereocenters. The molecule has 1 aliphatic heterocycles. The Bertz CT molecular complexity index is 1510. The SMILES string of the molecule is COC.COC(C)(C)C(F)(F)F.[B]C1([B])C(C(F)(F)F)NC(=O)N1Cc1cnn2cc(CNC(=O)c3nonc3C3CC3)nc2c1. The number of ether oxygens (including phenoxy) is 2. The smallest absolute Gasteiger partial charge is 0.388 e. The predicted octanol–water partition coefficient (Wildman–Crippen LogP) is 2.60. The zero-order valence-electron chi connectivity index (χ0n) is 25.4. The lowest BCUT2D eigenvalue weighted by molar-refractivity contribution is -0.255. The molecule has 46 heavy (non-hydrogen) atoms. The number of aromatic nitrogens is 5. The Labute approximate surface area is 261 Å². The third-order valence-corrected chi connectivity index (χ3v) is 6.85. The molecule has 1 aliphatic carbocycles. The highest BCUT2D eigenvalue weighted by Crippen LogP contribution is 2.40. The zero-order valence-corrected chi connectivity index (χ0v) is 25.4. The molecular formula is C25H30B2F6N8O5. The quantitative estimate of drug-likeness (QED) is 0.289. The summed E-state index contributed by atoms with van der Waals surface area (Å²) >= 11 is 0. The van der Waals surface area contributed by atoms with E-state index in [1.165, 1.54) is 16.8 Å². The van der Waals surface area contributed by atoms with Crippen molar-refractivity contribution in [1.82, 2.24) is 40.4 Å². The van der Waals surface area contributed by atoms with Crippen molar-refractivity contribution in [2.75, 3.05) is 21.3 Å². The van der Waals surface area contributed by atoms with Crippen LogP contribution in [0.2, 0.25) is 0 Å². The number of nitrogens with zero attached hydrogens (tertiary/aromatic N) is 6. The molecule has 1 saturated heterocycles. The molecule has 248 valence electrons. The van der Waals surface area contributed by atoms with Crippen LogP contribution in [0.4, 0.5) is 31.1 Å². The fourth-order valence-corrected chi connectivity index (χ4v) is 3.87. The number of urea groups is 1. The number of methoxy groups -OCH3 is 2. The lowest BCUT2D eigenvalue weighted by atomic mass is 9.57. The van der Waals surface area contributed by atoms with E-state index in [-0.39, 0.29) is 24.7 Å². The van der Waals surface area contributed by atoms with Crippen LogP contribution in [0.5, 0.6) is 0 Å². The zero-order chi connectivity index (χ0) is 34.7. The van der Waals surface area contributed by atoms with Gasteiger partial charge in [-0.05, 0) is 48.8 Å². The Hall–Kier alpha value is -3.87. The molecule has 3 aromatic heterocycles. The summed E-state index contributed by atoms with van der Waals surface area (Å²) in [6.07, 6.45) is -4.31. The van der Waals surface area contributed by atoms with E-state index in [4.69, 9.17) is 15.7 Å². The normalized spacial score (nSPS) is 17.9. The van der Waals surface area contributed by atoms with Crippen LogP contribution in [-0.4, -0.2) is 108 Å². The first kappa shape index (κ1) is 36.6.